The molecule has 4 heteroatoms. The number of anilines is 1. The normalized spacial score (nSPS) is 9.65. The molecule has 84 valence electrons. The number of aromatic nitrogens is 2. The number of benzene rings is 1. The van der Waals surface area contributed by atoms with Crippen LogP contribution in [0.2, 0.25) is 0 Å². The zero-order valence-electron chi connectivity index (χ0n) is 9.34. The number of terminal acetylenes is 1. The van der Waals surface area contributed by atoms with Crippen LogP contribution in [-0.2, 0) is 0 Å². The molecule has 0 aliphatic rings. The second kappa shape index (κ2) is 4.54. The standard InChI is InChI=1S/C13H11N3O/c1-3-9-8-11(16-13(14)15-9)10-6-4-5-7-12(10)17-2/h1,4-8H,2H3,(H2,14,15,16). The predicted molar refractivity (Wildman–Crippen MR) is 66.4 cm³/mol. The maximum absolute atomic E-state index is 5.61. The Morgan fingerprint density at radius 1 is 1.29 bits per heavy atom. The van der Waals surface area contributed by atoms with E-state index in [1.807, 2.05) is 24.3 Å². The number of hydrogen-bond acceptors (Lipinski definition) is 4. The highest BCUT2D eigenvalue weighted by atomic mass is 16.5. The lowest BCUT2D eigenvalue weighted by Crippen LogP contribution is -1.99. The van der Waals surface area contributed by atoms with E-state index in [0.29, 0.717) is 17.1 Å². The van der Waals surface area contributed by atoms with Crippen LogP contribution in [-0.4, -0.2) is 17.1 Å². The summed E-state index contributed by atoms with van der Waals surface area (Å²) in [6, 6.07) is 9.22. The largest absolute Gasteiger partial charge is 0.496 e. The maximum Gasteiger partial charge on any atom is 0.221 e. The third-order valence-corrected chi connectivity index (χ3v) is 2.27. The summed E-state index contributed by atoms with van der Waals surface area (Å²) in [5, 5.41) is 0. The third kappa shape index (κ3) is 2.18. The van der Waals surface area contributed by atoms with E-state index in [4.69, 9.17) is 16.9 Å². The van der Waals surface area contributed by atoms with Crippen LogP contribution < -0.4 is 10.5 Å². The van der Waals surface area contributed by atoms with Gasteiger partial charge in [-0.1, -0.05) is 18.1 Å². The molecule has 4 nitrogen and oxygen atoms in total. The van der Waals surface area contributed by atoms with Crippen LogP contribution in [0.1, 0.15) is 5.69 Å². The lowest BCUT2D eigenvalue weighted by Gasteiger charge is -2.08. The Bertz CT molecular complexity index is 587. The van der Waals surface area contributed by atoms with Crippen LogP contribution in [0, 0.1) is 12.3 Å². The van der Waals surface area contributed by atoms with Gasteiger partial charge in [0.15, 0.2) is 0 Å². The summed E-state index contributed by atoms with van der Waals surface area (Å²) in [6.07, 6.45) is 5.31. The first-order chi connectivity index (χ1) is 8.24. The number of nitrogens with two attached hydrogens (primary N) is 1. The molecule has 0 aliphatic carbocycles. The molecule has 0 unspecified atom stereocenters. The Morgan fingerprint density at radius 3 is 2.76 bits per heavy atom. The van der Waals surface area contributed by atoms with Crippen molar-refractivity contribution in [2.45, 2.75) is 0 Å². The molecule has 2 N–H and O–H groups in total. The summed E-state index contributed by atoms with van der Waals surface area (Å²) in [6.45, 7) is 0. The van der Waals surface area contributed by atoms with Crippen LogP contribution in [0.3, 0.4) is 0 Å². The van der Waals surface area contributed by atoms with Crippen molar-refractivity contribution < 1.29 is 4.74 Å². The van der Waals surface area contributed by atoms with Crippen molar-refractivity contribution in [1.82, 2.24) is 9.97 Å². The first kappa shape index (κ1) is 11.0. The van der Waals surface area contributed by atoms with Crippen molar-refractivity contribution in [3.8, 4) is 29.4 Å². The van der Waals surface area contributed by atoms with Gasteiger partial charge in [0, 0.05) is 5.56 Å². The Kier molecular flexibility index (Phi) is 2.93. The number of hydrogen-bond donors (Lipinski definition) is 1. The molecule has 0 spiro atoms. The minimum atomic E-state index is 0.154. The number of methoxy groups -OCH3 is 1. The molecule has 0 radical (unpaired) electrons. The van der Waals surface area contributed by atoms with Gasteiger partial charge >= 0.3 is 0 Å². The molecule has 2 aromatic rings. The average molecular weight is 225 g/mol. The highest BCUT2D eigenvalue weighted by Crippen LogP contribution is 2.28. The smallest absolute Gasteiger partial charge is 0.221 e. The third-order valence-electron chi connectivity index (χ3n) is 2.27. The minimum absolute atomic E-state index is 0.154. The van der Waals surface area contributed by atoms with E-state index in [1.165, 1.54) is 0 Å². The van der Waals surface area contributed by atoms with Crippen LogP contribution in [0.15, 0.2) is 30.3 Å². The monoisotopic (exact) mass is 225 g/mol. The van der Waals surface area contributed by atoms with Gasteiger partial charge in [0.1, 0.15) is 11.4 Å². The lowest BCUT2D eigenvalue weighted by atomic mass is 10.1. The van der Waals surface area contributed by atoms with E-state index in [2.05, 4.69) is 15.9 Å². The minimum Gasteiger partial charge on any atom is -0.496 e. The summed E-state index contributed by atoms with van der Waals surface area (Å²) < 4.78 is 5.26. The number of rotatable bonds is 2. The number of nitrogens with zero attached hydrogens (tertiary/aromatic N) is 2. The maximum atomic E-state index is 5.61. The Labute approximate surface area is 99.5 Å². The average Bonchev–Trinajstić information content (AvgIpc) is 2.37. The summed E-state index contributed by atoms with van der Waals surface area (Å²) in [7, 11) is 1.60. The van der Waals surface area contributed by atoms with Gasteiger partial charge < -0.3 is 10.5 Å². The summed E-state index contributed by atoms with van der Waals surface area (Å²) in [4.78, 5) is 8.07. The van der Waals surface area contributed by atoms with Gasteiger partial charge in [0.05, 0.1) is 12.8 Å². The van der Waals surface area contributed by atoms with Crippen molar-refractivity contribution in [1.29, 1.82) is 0 Å². The second-order valence-electron chi connectivity index (χ2n) is 3.34. The SMILES string of the molecule is C#Cc1cc(-c2ccccc2OC)nc(N)n1. The van der Waals surface area contributed by atoms with E-state index in [-0.39, 0.29) is 5.95 Å². The summed E-state index contributed by atoms with van der Waals surface area (Å²) in [5.41, 5.74) is 7.55. The summed E-state index contributed by atoms with van der Waals surface area (Å²) >= 11 is 0. The van der Waals surface area contributed by atoms with Crippen LogP contribution in [0.5, 0.6) is 5.75 Å². The van der Waals surface area contributed by atoms with Gasteiger partial charge in [-0.25, -0.2) is 9.97 Å². The van der Waals surface area contributed by atoms with E-state index >= 15 is 0 Å². The van der Waals surface area contributed by atoms with Crippen molar-refractivity contribution in [3.05, 3.63) is 36.0 Å². The molecular weight excluding hydrogens is 214 g/mol. The van der Waals surface area contributed by atoms with Gasteiger partial charge in [0.25, 0.3) is 0 Å². The molecule has 1 aromatic heterocycles. The molecule has 1 heterocycles. The molecule has 0 bridgehead atoms. The van der Waals surface area contributed by atoms with Crippen molar-refractivity contribution >= 4 is 5.95 Å². The molecule has 0 fully saturated rings. The van der Waals surface area contributed by atoms with E-state index in [1.54, 1.807) is 13.2 Å². The molecule has 1 aromatic carbocycles. The molecule has 2 rings (SSSR count). The Balaban J connectivity index is 2.60. The fraction of sp³-hybridized carbons (Fsp3) is 0.0769. The summed E-state index contributed by atoms with van der Waals surface area (Å²) in [5.74, 6) is 3.31. The molecule has 0 amide bonds. The highest BCUT2D eigenvalue weighted by Gasteiger charge is 2.08. The number of ether oxygens (including phenoxy) is 1. The van der Waals surface area contributed by atoms with Gasteiger partial charge in [-0.3, -0.25) is 0 Å². The number of para-hydroxylation sites is 1. The highest BCUT2D eigenvalue weighted by molar-refractivity contribution is 5.68. The quantitative estimate of drug-likeness (QED) is 0.790. The molecule has 0 saturated heterocycles. The van der Waals surface area contributed by atoms with Gasteiger partial charge in [0.2, 0.25) is 5.95 Å². The van der Waals surface area contributed by atoms with E-state index in [0.717, 1.165) is 5.56 Å². The van der Waals surface area contributed by atoms with E-state index in [9.17, 15) is 0 Å². The molecule has 0 saturated carbocycles. The fourth-order valence-corrected chi connectivity index (χ4v) is 1.53. The first-order valence-corrected chi connectivity index (χ1v) is 4.99. The molecular formula is C13H11N3O. The van der Waals surface area contributed by atoms with Crippen molar-refractivity contribution in [2.75, 3.05) is 12.8 Å². The zero-order chi connectivity index (χ0) is 12.3. The van der Waals surface area contributed by atoms with Gasteiger partial charge in [-0.05, 0) is 18.2 Å². The van der Waals surface area contributed by atoms with Crippen molar-refractivity contribution in [3.63, 3.8) is 0 Å². The second-order valence-corrected chi connectivity index (χ2v) is 3.34. The van der Waals surface area contributed by atoms with Crippen LogP contribution in [0.4, 0.5) is 5.95 Å². The zero-order valence-corrected chi connectivity index (χ0v) is 9.34. The van der Waals surface area contributed by atoms with Crippen LogP contribution in [0.25, 0.3) is 11.3 Å². The Morgan fingerprint density at radius 2 is 2.06 bits per heavy atom. The molecule has 0 aliphatic heterocycles. The molecule has 0 atom stereocenters. The fourth-order valence-electron chi connectivity index (χ4n) is 1.53. The first-order valence-electron chi connectivity index (χ1n) is 4.99. The van der Waals surface area contributed by atoms with Gasteiger partial charge in [-0.15, -0.1) is 6.42 Å². The molecule has 17 heavy (non-hydrogen) atoms. The topological polar surface area (TPSA) is 61.0 Å². The van der Waals surface area contributed by atoms with Gasteiger partial charge in [-0.2, -0.15) is 0 Å². The lowest BCUT2D eigenvalue weighted by molar-refractivity contribution is 0.416. The van der Waals surface area contributed by atoms with Crippen molar-refractivity contribution in [2.24, 2.45) is 0 Å². The number of nitrogen functional groups attached to an aromatic ring is 1. The van der Waals surface area contributed by atoms with Crippen LogP contribution >= 0.6 is 0 Å². The predicted octanol–water partition coefficient (Wildman–Crippen LogP) is 1.72. The van der Waals surface area contributed by atoms with E-state index < -0.39 is 0 Å². The Hall–Kier alpha value is -2.54.